The van der Waals surface area contributed by atoms with Crippen molar-refractivity contribution in [1.29, 1.82) is 0 Å². The van der Waals surface area contributed by atoms with Crippen LogP contribution in [0.2, 0.25) is 0 Å². The SMILES string of the molecule is CC(C)(C)NS(=O)(=O)Nc1cccc(F)c1C(=O)O. The zero-order valence-corrected chi connectivity index (χ0v) is 11.5. The number of carboxylic acid groups (broad SMARTS) is 1. The van der Waals surface area contributed by atoms with Crippen LogP contribution in [-0.2, 0) is 10.2 Å². The lowest BCUT2D eigenvalue weighted by Gasteiger charge is -2.21. The molecule has 0 atom stereocenters. The lowest BCUT2D eigenvalue weighted by atomic mass is 10.1. The van der Waals surface area contributed by atoms with Crippen LogP contribution >= 0.6 is 0 Å². The highest BCUT2D eigenvalue weighted by Crippen LogP contribution is 2.20. The number of rotatable bonds is 4. The molecule has 0 radical (unpaired) electrons. The van der Waals surface area contributed by atoms with Crippen LogP contribution in [0.3, 0.4) is 0 Å². The smallest absolute Gasteiger partial charge is 0.340 e. The number of carbonyl (C=O) groups is 1. The van der Waals surface area contributed by atoms with E-state index in [1.165, 1.54) is 12.1 Å². The van der Waals surface area contributed by atoms with Gasteiger partial charge in [-0.3, -0.25) is 4.72 Å². The highest BCUT2D eigenvalue weighted by molar-refractivity contribution is 7.90. The van der Waals surface area contributed by atoms with Crippen molar-refractivity contribution in [3.8, 4) is 0 Å². The first-order valence-electron chi connectivity index (χ1n) is 5.35. The molecule has 0 aliphatic carbocycles. The Bertz CT molecular complexity index is 593. The molecule has 0 aromatic heterocycles. The van der Waals surface area contributed by atoms with Crippen LogP contribution in [-0.4, -0.2) is 25.0 Å². The van der Waals surface area contributed by atoms with Crippen LogP contribution in [0.25, 0.3) is 0 Å². The summed E-state index contributed by atoms with van der Waals surface area (Å²) in [5.41, 5.74) is -1.80. The largest absolute Gasteiger partial charge is 0.478 e. The van der Waals surface area contributed by atoms with Crippen LogP contribution in [0.1, 0.15) is 31.1 Å². The molecule has 0 unspecified atom stereocenters. The summed E-state index contributed by atoms with van der Waals surface area (Å²) in [4.78, 5) is 10.9. The second-order valence-corrected chi connectivity index (χ2v) is 6.34. The first-order valence-corrected chi connectivity index (χ1v) is 6.84. The van der Waals surface area contributed by atoms with Crippen molar-refractivity contribution in [1.82, 2.24) is 4.72 Å². The van der Waals surface area contributed by atoms with Crippen LogP contribution in [0.15, 0.2) is 18.2 Å². The molecule has 0 saturated heterocycles. The van der Waals surface area contributed by atoms with Crippen LogP contribution in [0, 0.1) is 5.82 Å². The minimum Gasteiger partial charge on any atom is -0.478 e. The van der Waals surface area contributed by atoms with E-state index >= 15 is 0 Å². The summed E-state index contributed by atoms with van der Waals surface area (Å²) in [6, 6.07) is 3.34. The Hall–Kier alpha value is -1.67. The van der Waals surface area contributed by atoms with Crippen LogP contribution < -0.4 is 9.44 Å². The Kier molecular flexibility index (Phi) is 4.16. The maximum absolute atomic E-state index is 13.4. The number of nitrogens with one attached hydrogen (secondary N) is 2. The van der Waals surface area contributed by atoms with Gasteiger partial charge in [-0.1, -0.05) is 6.07 Å². The minimum absolute atomic E-state index is 0.329. The van der Waals surface area contributed by atoms with Crippen molar-refractivity contribution in [2.45, 2.75) is 26.3 Å². The molecule has 106 valence electrons. The molecule has 3 N–H and O–H groups in total. The van der Waals surface area contributed by atoms with Gasteiger partial charge in [0.2, 0.25) is 0 Å². The Morgan fingerprint density at radius 1 is 1.32 bits per heavy atom. The summed E-state index contributed by atoms with van der Waals surface area (Å²) < 4.78 is 41.2. The average molecular weight is 290 g/mol. The van der Waals surface area contributed by atoms with Gasteiger partial charge in [0, 0.05) is 5.54 Å². The lowest BCUT2D eigenvalue weighted by molar-refractivity contribution is 0.0693. The molecule has 1 aromatic rings. The minimum atomic E-state index is -4.00. The first kappa shape index (κ1) is 15.4. The molecule has 0 bridgehead atoms. The van der Waals surface area contributed by atoms with Gasteiger partial charge < -0.3 is 5.11 Å². The van der Waals surface area contributed by atoms with Gasteiger partial charge in [0.25, 0.3) is 10.2 Å². The van der Waals surface area contributed by atoms with E-state index in [2.05, 4.69) is 4.72 Å². The topological polar surface area (TPSA) is 95.5 Å². The predicted molar refractivity (Wildman–Crippen MR) is 68.8 cm³/mol. The number of carboxylic acids is 1. The molecule has 0 aliphatic rings. The molecule has 8 heteroatoms. The fraction of sp³-hybridized carbons (Fsp3) is 0.364. The fourth-order valence-electron chi connectivity index (χ4n) is 1.40. The highest BCUT2D eigenvalue weighted by atomic mass is 32.2. The monoisotopic (exact) mass is 290 g/mol. The summed E-state index contributed by atoms with van der Waals surface area (Å²) in [6.07, 6.45) is 0. The second-order valence-electron chi connectivity index (χ2n) is 4.93. The van der Waals surface area contributed by atoms with E-state index < -0.39 is 33.1 Å². The molecule has 0 aliphatic heterocycles. The first-order chi connectivity index (χ1) is 8.52. The standard InChI is InChI=1S/C11H15FN2O4S/c1-11(2,3)14-19(17,18)13-8-6-4-5-7(12)9(8)10(15)16/h4-6,13-14H,1-3H3,(H,15,16). The van der Waals surface area contributed by atoms with E-state index in [1.807, 2.05) is 4.72 Å². The number of benzene rings is 1. The number of hydrogen-bond donors (Lipinski definition) is 3. The number of aromatic carboxylic acids is 1. The summed E-state index contributed by atoms with van der Waals surface area (Å²) in [5, 5.41) is 8.88. The summed E-state index contributed by atoms with van der Waals surface area (Å²) >= 11 is 0. The van der Waals surface area contributed by atoms with Crippen molar-refractivity contribution < 1.29 is 22.7 Å². The van der Waals surface area contributed by atoms with E-state index in [1.54, 1.807) is 20.8 Å². The molecule has 19 heavy (non-hydrogen) atoms. The number of anilines is 1. The molecule has 0 heterocycles. The van der Waals surface area contributed by atoms with Gasteiger partial charge in [-0.05, 0) is 32.9 Å². The quantitative estimate of drug-likeness (QED) is 0.784. The maximum Gasteiger partial charge on any atom is 0.340 e. The maximum atomic E-state index is 13.4. The molecule has 6 nitrogen and oxygen atoms in total. The zero-order valence-electron chi connectivity index (χ0n) is 10.7. The van der Waals surface area contributed by atoms with Crippen molar-refractivity contribution in [2.75, 3.05) is 4.72 Å². The van der Waals surface area contributed by atoms with Crippen LogP contribution in [0.5, 0.6) is 0 Å². The van der Waals surface area contributed by atoms with E-state index in [0.717, 1.165) is 6.07 Å². The van der Waals surface area contributed by atoms with Gasteiger partial charge in [0.05, 0.1) is 5.69 Å². The summed E-state index contributed by atoms with van der Waals surface area (Å²) in [5.74, 6) is -2.56. The van der Waals surface area contributed by atoms with E-state index in [9.17, 15) is 17.6 Å². The molecular formula is C11H15FN2O4S. The molecular weight excluding hydrogens is 275 g/mol. The Morgan fingerprint density at radius 2 is 1.89 bits per heavy atom. The Morgan fingerprint density at radius 3 is 2.37 bits per heavy atom. The van der Waals surface area contributed by atoms with E-state index in [4.69, 9.17) is 5.11 Å². The van der Waals surface area contributed by atoms with Gasteiger partial charge in [-0.15, -0.1) is 0 Å². The van der Waals surface area contributed by atoms with Gasteiger partial charge in [0.15, 0.2) is 0 Å². The van der Waals surface area contributed by atoms with Gasteiger partial charge in [0.1, 0.15) is 11.4 Å². The summed E-state index contributed by atoms with van der Waals surface area (Å²) in [7, 11) is -4.00. The lowest BCUT2D eigenvalue weighted by Crippen LogP contribution is -2.43. The molecule has 1 rings (SSSR count). The van der Waals surface area contributed by atoms with Crippen molar-refractivity contribution in [2.24, 2.45) is 0 Å². The van der Waals surface area contributed by atoms with Gasteiger partial charge >= 0.3 is 5.97 Å². The summed E-state index contributed by atoms with van der Waals surface area (Å²) in [6.45, 7) is 4.86. The molecule has 0 fully saturated rings. The third kappa shape index (κ3) is 4.49. The molecule has 0 amide bonds. The van der Waals surface area contributed by atoms with Gasteiger partial charge in [-0.2, -0.15) is 13.1 Å². The third-order valence-corrected chi connectivity index (χ3v) is 3.28. The van der Waals surface area contributed by atoms with Gasteiger partial charge in [-0.25, -0.2) is 9.18 Å². The van der Waals surface area contributed by atoms with Crippen LogP contribution in [0.4, 0.5) is 10.1 Å². The average Bonchev–Trinajstić information content (AvgIpc) is 2.11. The normalized spacial score (nSPS) is 12.2. The zero-order chi connectivity index (χ0) is 14.8. The fourth-order valence-corrected chi connectivity index (χ4v) is 2.72. The van der Waals surface area contributed by atoms with Crippen molar-refractivity contribution in [3.63, 3.8) is 0 Å². The Balaban J connectivity index is 3.14. The highest BCUT2D eigenvalue weighted by Gasteiger charge is 2.23. The van der Waals surface area contributed by atoms with Crippen molar-refractivity contribution >= 4 is 21.9 Å². The van der Waals surface area contributed by atoms with Crippen molar-refractivity contribution in [3.05, 3.63) is 29.6 Å². The number of halogens is 1. The van der Waals surface area contributed by atoms with E-state index in [-0.39, 0.29) is 5.69 Å². The third-order valence-electron chi connectivity index (χ3n) is 1.91. The molecule has 1 aromatic carbocycles. The second kappa shape index (κ2) is 5.14. The Labute approximate surface area is 110 Å². The predicted octanol–water partition coefficient (Wildman–Crippen LogP) is 1.57. The molecule has 0 saturated carbocycles. The van der Waals surface area contributed by atoms with E-state index in [0.29, 0.717) is 0 Å². The molecule has 0 spiro atoms. The number of hydrogen-bond acceptors (Lipinski definition) is 3.